The molecule has 2 saturated heterocycles. The molecule has 0 aromatic rings. The second-order valence-electron chi connectivity index (χ2n) is 18.0. The van der Waals surface area contributed by atoms with Crippen molar-refractivity contribution in [2.45, 2.75) is 179 Å². The Labute approximate surface area is 303 Å². The number of aliphatic hydroxyl groups excluding tert-OH is 8. The summed E-state index contributed by atoms with van der Waals surface area (Å²) >= 11 is 0. The van der Waals surface area contributed by atoms with E-state index in [0.717, 1.165) is 44.9 Å². The van der Waals surface area contributed by atoms with Gasteiger partial charge in [0.25, 0.3) is 0 Å². The van der Waals surface area contributed by atoms with Gasteiger partial charge in [-0.1, -0.05) is 46.3 Å². The van der Waals surface area contributed by atoms with Crippen molar-refractivity contribution in [3.05, 3.63) is 11.6 Å². The van der Waals surface area contributed by atoms with E-state index in [0.29, 0.717) is 30.6 Å². The maximum absolute atomic E-state index is 11.7. The quantitative estimate of drug-likeness (QED) is 0.153. The zero-order valence-corrected chi connectivity index (χ0v) is 31.3. The summed E-state index contributed by atoms with van der Waals surface area (Å²) in [7, 11) is 0. The third-order valence-corrected chi connectivity index (χ3v) is 14.6. The lowest BCUT2D eigenvalue weighted by molar-refractivity contribution is -0.362. The van der Waals surface area contributed by atoms with Crippen LogP contribution in [-0.2, 0) is 18.9 Å². The third kappa shape index (κ3) is 7.24. The third-order valence-electron chi connectivity index (χ3n) is 14.6. The lowest BCUT2D eigenvalue weighted by Crippen LogP contribution is -2.64. The average molecular weight is 727 g/mol. The zero-order chi connectivity index (χ0) is 37.2. The van der Waals surface area contributed by atoms with Gasteiger partial charge in [0.1, 0.15) is 42.7 Å². The van der Waals surface area contributed by atoms with Crippen LogP contribution in [0.15, 0.2) is 11.6 Å². The molecule has 51 heavy (non-hydrogen) atoms. The predicted octanol–water partition coefficient (Wildman–Crippen LogP) is 2.01. The highest BCUT2D eigenvalue weighted by Crippen LogP contribution is 2.68. The number of allylic oxidation sites excluding steroid dienone is 1. The van der Waals surface area contributed by atoms with Gasteiger partial charge in [-0.05, 0) is 111 Å². The van der Waals surface area contributed by atoms with E-state index in [1.54, 1.807) is 0 Å². The van der Waals surface area contributed by atoms with Gasteiger partial charge in [-0.2, -0.15) is 0 Å². The Morgan fingerprint density at radius 1 is 0.843 bits per heavy atom. The first-order chi connectivity index (χ1) is 24.0. The van der Waals surface area contributed by atoms with Gasteiger partial charge < -0.3 is 59.8 Å². The summed E-state index contributed by atoms with van der Waals surface area (Å²) in [5, 5.41) is 86.4. The van der Waals surface area contributed by atoms with E-state index in [4.69, 9.17) is 18.9 Å². The van der Waals surface area contributed by atoms with Crippen LogP contribution < -0.4 is 0 Å². The maximum atomic E-state index is 11.7. The molecule has 0 unspecified atom stereocenters. The molecule has 0 aromatic carbocycles. The lowest BCUT2D eigenvalue weighted by Gasteiger charge is -2.58. The van der Waals surface area contributed by atoms with Crippen LogP contribution in [-0.4, -0.2) is 127 Å². The smallest absolute Gasteiger partial charge is 0.187 e. The van der Waals surface area contributed by atoms with Crippen molar-refractivity contribution in [1.29, 1.82) is 0 Å². The van der Waals surface area contributed by atoms with E-state index in [-0.39, 0.29) is 34.7 Å². The summed E-state index contributed by atoms with van der Waals surface area (Å²) in [5.74, 6) is 1.40. The summed E-state index contributed by atoms with van der Waals surface area (Å²) < 4.78 is 24.4. The molecule has 0 amide bonds. The van der Waals surface area contributed by atoms with E-state index in [1.165, 1.54) is 12.5 Å². The molecule has 294 valence electrons. The van der Waals surface area contributed by atoms with Crippen LogP contribution in [0, 0.1) is 46.3 Å². The van der Waals surface area contributed by atoms with Crippen molar-refractivity contribution < 1.29 is 59.8 Å². The molecule has 12 nitrogen and oxygen atoms in total. The molecule has 8 N–H and O–H groups in total. The predicted molar refractivity (Wildman–Crippen MR) is 186 cm³/mol. The van der Waals surface area contributed by atoms with Gasteiger partial charge in [-0.25, -0.2) is 0 Å². The molecular weight excluding hydrogens is 660 g/mol. The molecule has 3 saturated carbocycles. The van der Waals surface area contributed by atoms with Gasteiger partial charge in [-0.3, -0.25) is 0 Å². The van der Waals surface area contributed by atoms with Crippen molar-refractivity contribution in [1.82, 2.24) is 0 Å². The van der Waals surface area contributed by atoms with Crippen LogP contribution in [0.3, 0.4) is 0 Å². The Morgan fingerprint density at radius 2 is 1.55 bits per heavy atom. The van der Waals surface area contributed by atoms with Crippen LogP contribution in [0.25, 0.3) is 0 Å². The van der Waals surface area contributed by atoms with Crippen LogP contribution in [0.1, 0.15) is 99.3 Å². The van der Waals surface area contributed by atoms with Gasteiger partial charge >= 0.3 is 0 Å². The van der Waals surface area contributed by atoms with Crippen LogP contribution in [0.4, 0.5) is 0 Å². The molecule has 0 bridgehead atoms. The van der Waals surface area contributed by atoms with E-state index in [2.05, 4.69) is 40.7 Å². The topological polar surface area (TPSA) is 199 Å². The maximum Gasteiger partial charge on any atom is 0.187 e. The van der Waals surface area contributed by atoms with Crippen molar-refractivity contribution in [2.24, 2.45) is 46.3 Å². The number of hydrogen-bond donors (Lipinski definition) is 8. The minimum absolute atomic E-state index is 0.0465. The van der Waals surface area contributed by atoms with Crippen LogP contribution >= 0.6 is 0 Å². The van der Waals surface area contributed by atoms with Crippen molar-refractivity contribution in [3.8, 4) is 0 Å². The van der Waals surface area contributed by atoms with E-state index in [1.807, 2.05) is 0 Å². The summed E-state index contributed by atoms with van der Waals surface area (Å²) in [6, 6.07) is 0. The zero-order valence-electron chi connectivity index (χ0n) is 31.3. The molecule has 0 radical (unpaired) electrons. The number of aliphatic hydroxyl groups is 8. The Kier molecular flexibility index (Phi) is 12.1. The van der Waals surface area contributed by atoms with Gasteiger partial charge in [0.15, 0.2) is 12.6 Å². The molecule has 6 aliphatic rings. The second kappa shape index (κ2) is 15.4. The highest BCUT2D eigenvalue weighted by atomic mass is 16.7. The van der Waals surface area contributed by atoms with Crippen molar-refractivity contribution in [3.63, 3.8) is 0 Å². The first kappa shape index (κ1) is 39.9. The van der Waals surface area contributed by atoms with Gasteiger partial charge in [0.2, 0.25) is 0 Å². The fourth-order valence-corrected chi connectivity index (χ4v) is 11.5. The fraction of sp³-hybridized carbons (Fsp3) is 0.949. The minimum atomic E-state index is -1.66. The number of rotatable bonds is 10. The molecular formula is C39H66O12. The summed E-state index contributed by atoms with van der Waals surface area (Å²) in [4.78, 5) is 0. The van der Waals surface area contributed by atoms with Gasteiger partial charge in [0.05, 0.1) is 31.0 Å². The first-order valence-corrected chi connectivity index (χ1v) is 19.7. The fourth-order valence-electron chi connectivity index (χ4n) is 11.5. The van der Waals surface area contributed by atoms with E-state index < -0.39 is 80.2 Å². The van der Waals surface area contributed by atoms with Gasteiger partial charge in [-0.15, -0.1) is 0 Å². The standard InChI is InChI=1S/C39H66O12/c1-18(2)7-10-26(42)19(3)29-27(16-25-23-9-8-21-15-22(41)11-13-38(21,5)24(23)12-14-39(25,29)6)49-37-34(47)35(31(44)28(17-40)50-37)51-36-33(46)32(45)30(43)20(4)48-36/h8,18-20,22-37,40-47H,7,9-17H2,1-6H3/t19-,20+,22+,23-,24+,25+,26+,27+,28-,29+,30+,31+,32-,33-,34-,35+,36+,37-,38+,39+/m1/s1. The lowest BCUT2D eigenvalue weighted by atomic mass is 9.47. The van der Waals surface area contributed by atoms with Crippen LogP contribution in [0.5, 0.6) is 0 Å². The highest BCUT2D eigenvalue weighted by Gasteiger charge is 2.63. The Balaban J connectivity index is 1.28. The van der Waals surface area contributed by atoms with Crippen molar-refractivity contribution in [2.75, 3.05) is 6.61 Å². The Morgan fingerprint density at radius 3 is 2.24 bits per heavy atom. The first-order valence-electron chi connectivity index (χ1n) is 19.7. The summed E-state index contributed by atoms with van der Waals surface area (Å²) in [5.41, 5.74) is 1.27. The molecule has 6 rings (SSSR count). The molecule has 0 spiro atoms. The van der Waals surface area contributed by atoms with Gasteiger partial charge in [0, 0.05) is 0 Å². The molecule has 0 aromatic heterocycles. The molecule has 4 aliphatic carbocycles. The minimum Gasteiger partial charge on any atom is -0.394 e. The average Bonchev–Trinajstić information content (AvgIpc) is 3.39. The Hall–Kier alpha value is -0.740. The monoisotopic (exact) mass is 726 g/mol. The highest BCUT2D eigenvalue weighted by molar-refractivity contribution is 5.26. The van der Waals surface area contributed by atoms with Crippen LogP contribution in [0.2, 0.25) is 0 Å². The molecule has 2 aliphatic heterocycles. The SMILES string of the molecule is CC(C)CC[C@H](O)[C@@H](C)[C@H]1[C@@H](O[C@@H]2O[C@H](CO)[C@H](O)[C@H](O[C@@H]3O[C@@H](C)[C@H](O)[C@@H](O)[C@H]3O)[C@H]2O)C[C@H]2[C@@H]3CC=C4C[C@@H](O)CC[C@]4(C)[C@H]3CC[C@]12C. The molecule has 2 heterocycles. The Bertz CT molecular complexity index is 1220. The van der Waals surface area contributed by atoms with Crippen molar-refractivity contribution >= 4 is 0 Å². The molecule has 12 heteroatoms. The normalized spacial score (nSPS) is 51.3. The number of ether oxygens (including phenoxy) is 4. The van der Waals surface area contributed by atoms with E-state index in [9.17, 15) is 40.9 Å². The number of hydrogen-bond acceptors (Lipinski definition) is 12. The molecule has 5 fully saturated rings. The van der Waals surface area contributed by atoms with E-state index >= 15 is 0 Å². The second-order valence-corrected chi connectivity index (χ2v) is 18.0. The molecule has 20 atom stereocenters. The number of fused-ring (bicyclic) bond motifs is 5. The summed E-state index contributed by atoms with van der Waals surface area (Å²) in [6.07, 6.45) is -5.07. The summed E-state index contributed by atoms with van der Waals surface area (Å²) in [6.45, 7) is 12.1. The largest absolute Gasteiger partial charge is 0.394 e.